The molecule has 0 aliphatic carbocycles. The summed E-state index contributed by atoms with van der Waals surface area (Å²) < 4.78 is 0. The Morgan fingerprint density at radius 2 is 2.00 bits per heavy atom. The van der Waals surface area contributed by atoms with Gasteiger partial charge in [-0.2, -0.15) is 0 Å². The first kappa shape index (κ1) is 14.3. The molecule has 0 bridgehead atoms. The molecule has 0 heterocycles. The second kappa shape index (κ2) is 6.27. The van der Waals surface area contributed by atoms with Crippen molar-refractivity contribution in [2.45, 2.75) is 39.3 Å². The third-order valence-corrected chi connectivity index (χ3v) is 3.84. The molecule has 2 unspecified atom stereocenters. The first-order chi connectivity index (χ1) is 8.01. The van der Waals surface area contributed by atoms with E-state index in [1.807, 2.05) is 7.05 Å². The summed E-state index contributed by atoms with van der Waals surface area (Å²) in [5.74, 6) is 0. The van der Waals surface area contributed by atoms with Crippen molar-refractivity contribution >= 4 is 17.3 Å². The Labute approximate surface area is 110 Å². The van der Waals surface area contributed by atoms with Gasteiger partial charge in [-0.3, -0.25) is 0 Å². The standard InChI is InChI=1S/C14H23ClN2/c1-6-10(2)17(5)14-8-7-12(9-13(14)15)11(3)16-4/h7-11,16H,6H2,1-5H3. The highest BCUT2D eigenvalue weighted by atomic mass is 35.5. The Bertz CT molecular complexity index is 365. The van der Waals surface area contributed by atoms with Gasteiger partial charge in [-0.25, -0.2) is 0 Å². The monoisotopic (exact) mass is 254 g/mol. The fourth-order valence-corrected chi connectivity index (χ4v) is 2.08. The van der Waals surface area contributed by atoms with Crippen molar-refractivity contribution < 1.29 is 0 Å². The number of nitrogens with zero attached hydrogens (tertiary/aromatic N) is 1. The van der Waals surface area contributed by atoms with E-state index in [-0.39, 0.29) is 0 Å². The average molecular weight is 255 g/mol. The second-order valence-electron chi connectivity index (χ2n) is 4.59. The Morgan fingerprint density at radius 3 is 2.47 bits per heavy atom. The molecule has 17 heavy (non-hydrogen) atoms. The normalized spacial score (nSPS) is 14.5. The first-order valence-electron chi connectivity index (χ1n) is 6.20. The zero-order valence-corrected chi connectivity index (χ0v) is 12.2. The average Bonchev–Trinajstić information content (AvgIpc) is 2.35. The predicted octanol–water partition coefficient (Wildman–Crippen LogP) is 3.86. The van der Waals surface area contributed by atoms with Crippen molar-refractivity contribution in [3.05, 3.63) is 28.8 Å². The summed E-state index contributed by atoms with van der Waals surface area (Å²) >= 11 is 6.36. The molecule has 1 rings (SSSR count). The van der Waals surface area contributed by atoms with Gasteiger partial charge in [0.1, 0.15) is 0 Å². The molecule has 1 N–H and O–H groups in total. The summed E-state index contributed by atoms with van der Waals surface area (Å²) in [6, 6.07) is 7.13. The summed E-state index contributed by atoms with van der Waals surface area (Å²) in [5, 5.41) is 4.05. The molecule has 0 radical (unpaired) electrons. The lowest BCUT2D eigenvalue weighted by Crippen LogP contribution is -2.28. The number of hydrogen-bond acceptors (Lipinski definition) is 2. The topological polar surface area (TPSA) is 15.3 Å². The molecular formula is C14H23ClN2. The molecule has 96 valence electrons. The van der Waals surface area contributed by atoms with Gasteiger partial charge in [-0.05, 0) is 45.0 Å². The van der Waals surface area contributed by atoms with Crippen molar-refractivity contribution in [2.24, 2.45) is 0 Å². The molecule has 2 atom stereocenters. The fourth-order valence-electron chi connectivity index (χ4n) is 1.76. The highest BCUT2D eigenvalue weighted by Gasteiger charge is 2.13. The van der Waals surface area contributed by atoms with Gasteiger partial charge < -0.3 is 10.2 Å². The molecule has 0 aromatic heterocycles. The van der Waals surface area contributed by atoms with E-state index in [9.17, 15) is 0 Å². The third kappa shape index (κ3) is 3.36. The summed E-state index contributed by atoms with van der Waals surface area (Å²) in [4.78, 5) is 2.23. The highest BCUT2D eigenvalue weighted by Crippen LogP contribution is 2.29. The lowest BCUT2D eigenvalue weighted by atomic mass is 10.1. The van der Waals surface area contributed by atoms with Crippen molar-refractivity contribution in [3.8, 4) is 0 Å². The van der Waals surface area contributed by atoms with Crippen LogP contribution in [0.3, 0.4) is 0 Å². The molecule has 0 spiro atoms. The van der Waals surface area contributed by atoms with Crippen molar-refractivity contribution in [3.63, 3.8) is 0 Å². The van der Waals surface area contributed by atoms with Gasteiger partial charge in [-0.15, -0.1) is 0 Å². The fraction of sp³-hybridized carbons (Fsp3) is 0.571. The maximum absolute atomic E-state index is 6.36. The quantitative estimate of drug-likeness (QED) is 0.859. The van der Waals surface area contributed by atoms with E-state index < -0.39 is 0 Å². The van der Waals surface area contributed by atoms with Crippen LogP contribution in [-0.4, -0.2) is 20.1 Å². The second-order valence-corrected chi connectivity index (χ2v) is 5.00. The Hall–Kier alpha value is -0.730. The van der Waals surface area contributed by atoms with Crippen LogP contribution in [0.25, 0.3) is 0 Å². The van der Waals surface area contributed by atoms with Gasteiger partial charge >= 0.3 is 0 Å². The number of anilines is 1. The zero-order chi connectivity index (χ0) is 13.0. The molecule has 0 amide bonds. The van der Waals surface area contributed by atoms with Crippen LogP contribution in [-0.2, 0) is 0 Å². The number of hydrogen-bond donors (Lipinski definition) is 1. The van der Waals surface area contributed by atoms with Gasteiger partial charge in [0.15, 0.2) is 0 Å². The molecule has 0 saturated carbocycles. The minimum absolute atomic E-state index is 0.329. The van der Waals surface area contributed by atoms with Crippen LogP contribution in [0, 0.1) is 0 Å². The number of rotatable bonds is 5. The van der Waals surface area contributed by atoms with Gasteiger partial charge in [-0.1, -0.05) is 24.6 Å². The number of nitrogens with one attached hydrogen (secondary N) is 1. The summed E-state index contributed by atoms with van der Waals surface area (Å²) in [5.41, 5.74) is 2.33. The SMILES string of the molecule is CCC(C)N(C)c1ccc(C(C)NC)cc1Cl. The van der Waals surface area contributed by atoms with Crippen molar-refractivity contribution in [2.75, 3.05) is 19.0 Å². The van der Waals surface area contributed by atoms with Gasteiger partial charge in [0, 0.05) is 19.1 Å². The summed E-state index contributed by atoms with van der Waals surface area (Å²) in [6.45, 7) is 6.52. The maximum Gasteiger partial charge on any atom is 0.0642 e. The van der Waals surface area contributed by atoms with E-state index in [1.54, 1.807) is 0 Å². The third-order valence-electron chi connectivity index (χ3n) is 3.54. The molecule has 0 aliphatic heterocycles. The van der Waals surface area contributed by atoms with E-state index >= 15 is 0 Å². The number of benzene rings is 1. The molecule has 1 aromatic rings. The van der Waals surface area contributed by atoms with Crippen LogP contribution in [0.15, 0.2) is 18.2 Å². The molecule has 0 aliphatic rings. The van der Waals surface area contributed by atoms with E-state index in [2.05, 4.69) is 56.2 Å². The minimum Gasteiger partial charge on any atom is -0.371 e. The van der Waals surface area contributed by atoms with E-state index in [4.69, 9.17) is 11.6 Å². The Balaban J connectivity index is 2.97. The smallest absolute Gasteiger partial charge is 0.0642 e. The molecule has 0 saturated heterocycles. The number of halogens is 1. The molecule has 3 heteroatoms. The Kier molecular flexibility index (Phi) is 5.29. The van der Waals surface area contributed by atoms with Gasteiger partial charge in [0.25, 0.3) is 0 Å². The van der Waals surface area contributed by atoms with Crippen LogP contribution in [0.2, 0.25) is 5.02 Å². The summed E-state index contributed by atoms with van der Waals surface area (Å²) in [6.07, 6.45) is 1.11. The minimum atomic E-state index is 0.329. The van der Waals surface area contributed by atoms with Crippen LogP contribution in [0.4, 0.5) is 5.69 Å². The van der Waals surface area contributed by atoms with E-state index in [0.717, 1.165) is 17.1 Å². The highest BCUT2D eigenvalue weighted by molar-refractivity contribution is 6.33. The van der Waals surface area contributed by atoms with Crippen LogP contribution in [0.5, 0.6) is 0 Å². The molecule has 0 fully saturated rings. The van der Waals surface area contributed by atoms with Gasteiger partial charge in [0.2, 0.25) is 0 Å². The lowest BCUT2D eigenvalue weighted by Gasteiger charge is -2.27. The van der Waals surface area contributed by atoms with Crippen LogP contribution in [0.1, 0.15) is 38.8 Å². The lowest BCUT2D eigenvalue weighted by molar-refractivity contribution is 0.649. The largest absolute Gasteiger partial charge is 0.371 e. The summed E-state index contributed by atoms with van der Waals surface area (Å²) in [7, 11) is 4.05. The van der Waals surface area contributed by atoms with Gasteiger partial charge in [0.05, 0.1) is 10.7 Å². The zero-order valence-electron chi connectivity index (χ0n) is 11.4. The van der Waals surface area contributed by atoms with E-state index in [0.29, 0.717) is 12.1 Å². The molecule has 1 aromatic carbocycles. The van der Waals surface area contributed by atoms with Crippen molar-refractivity contribution in [1.82, 2.24) is 5.32 Å². The Morgan fingerprint density at radius 1 is 1.35 bits per heavy atom. The van der Waals surface area contributed by atoms with E-state index in [1.165, 1.54) is 5.56 Å². The molecule has 2 nitrogen and oxygen atoms in total. The van der Waals surface area contributed by atoms with Crippen LogP contribution >= 0.6 is 11.6 Å². The van der Waals surface area contributed by atoms with Crippen molar-refractivity contribution in [1.29, 1.82) is 0 Å². The first-order valence-corrected chi connectivity index (χ1v) is 6.58. The predicted molar refractivity (Wildman–Crippen MR) is 77.1 cm³/mol. The molecular weight excluding hydrogens is 232 g/mol. The van der Waals surface area contributed by atoms with Crippen LogP contribution < -0.4 is 10.2 Å². The maximum atomic E-state index is 6.36.